The summed E-state index contributed by atoms with van der Waals surface area (Å²) in [5.74, 6) is -1.41. The fraction of sp³-hybridized carbons (Fsp3) is 0.538. The zero-order valence-corrected chi connectivity index (χ0v) is 11.3. The van der Waals surface area contributed by atoms with Crippen molar-refractivity contribution in [2.75, 3.05) is 23.7 Å². The number of ether oxygens (including phenoxy) is 2. The molecule has 0 radical (unpaired) electrons. The Hall–Kier alpha value is -1.63. The Morgan fingerprint density at radius 3 is 2.45 bits per heavy atom. The van der Waals surface area contributed by atoms with Gasteiger partial charge in [-0.15, -0.1) is 0 Å². The molecule has 0 amide bonds. The van der Waals surface area contributed by atoms with E-state index in [-0.39, 0.29) is 17.9 Å². The first-order valence-electron chi connectivity index (χ1n) is 6.31. The number of halogens is 3. The lowest BCUT2D eigenvalue weighted by molar-refractivity contribution is -0.0522. The summed E-state index contributed by atoms with van der Waals surface area (Å²) >= 11 is 0. The lowest BCUT2D eigenvalue weighted by Gasteiger charge is -2.37. The standard InChI is InChI=1S/C13H17F3N2O2/c1-7-5-18(6-8(2)19-7)11-4-12(20-13(15)16)9(14)3-10(11)17/h3-4,7-8,13H,5-6,17H2,1-2H3. The maximum atomic E-state index is 13.5. The van der Waals surface area contributed by atoms with E-state index in [4.69, 9.17) is 10.5 Å². The molecule has 0 saturated carbocycles. The van der Waals surface area contributed by atoms with Gasteiger partial charge in [0.1, 0.15) is 0 Å². The summed E-state index contributed by atoms with van der Waals surface area (Å²) in [6.45, 7) is 1.82. The molecule has 2 N–H and O–H groups in total. The molecule has 1 fully saturated rings. The molecule has 1 saturated heterocycles. The molecule has 1 heterocycles. The van der Waals surface area contributed by atoms with E-state index in [9.17, 15) is 13.2 Å². The Balaban J connectivity index is 2.30. The van der Waals surface area contributed by atoms with Crippen LogP contribution >= 0.6 is 0 Å². The first kappa shape index (κ1) is 14.8. The summed E-state index contributed by atoms with van der Waals surface area (Å²) in [4.78, 5) is 1.88. The highest BCUT2D eigenvalue weighted by Crippen LogP contribution is 2.33. The summed E-state index contributed by atoms with van der Waals surface area (Å²) in [5.41, 5.74) is 6.44. The van der Waals surface area contributed by atoms with Crippen molar-refractivity contribution < 1.29 is 22.6 Å². The number of alkyl halides is 2. The third-order valence-electron chi connectivity index (χ3n) is 3.06. The Kier molecular flexibility index (Phi) is 4.27. The first-order valence-corrected chi connectivity index (χ1v) is 6.31. The molecule has 0 spiro atoms. The number of nitrogens with two attached hydrogens (primary N) is 1. The summed E-state index contributed by atoms with van der Waals surface area (Å²) in [6.07, 6.45) is -0.0506. The second-order valence-corrected chi connectivity index (χ2v) is 4.88. The minimum atomic E-state index is -3.08. The molecule has 1 aromatic carbocycles. The number of rotatable bonds is 3. The van der Waals surface area contributed by atoms with Crippen molar-refractivity contribution in [2.45, 2.75) is 32.7 Å². The summed E-state index contributed by atoms with van der Waals surface area (Å²) in [6, 6.07) is 2.21. The van der Waals surface area contributed by atoms with Gasteiger partial charge < -0.3 is 20.1 Å². The number of anilines is 2. The molecule has 2 rings (SSSR count). The predicted octanol–water partition coefficient (Wildman–Crippen LogP) is 2.62. The molecular weight excluding hydrogens is 273 g/mol. The summed E-state index contributed by atoms with van der Waals surface area (Å²) in [7, 11) is 0. The number of hydrogen-bond donors (Lipinski definition) is 1. The van der Waals surface area contributed by atoms with Crippen LogP contribution in [0.3, 0.4) is 0 Å². The summed E-state index contributed by atoms with van der Waals surface area (Å²) in [5, 5.41) is 0. The van der Waals surface area contributed by atoms with Gasteiger partial charge in [0.2, 0.25) is 0 Å². The smallest absolute Gasteiger partial charge is 0.387 e. The van der Waals surface area contributed by atoms with E-state index < -0.39 is 18.2 Å². The van der Waals surface area contributed by atoms with Gasteiger partial charge in [-0.3, -0.25) is 0 Å². The second-order valence-electron chi connectivity index (χ2n) is 4.88. The van der Waals surface area contributed by atoms with E-state index in [1.165, 1.54) is 6.07 Å². The van der Waals surface area contributed by atoms with Gasteiger partial charge in [0, 0.05) is 25.2 Å². The van der Waals surface area contributed by atoms with Gasteiger partial charge in [0.15, 0.2) is 11.6 Å². The van der Waals surface area contributed by atoms with Crippen LogP contribution < -0.4 is 15.4 Å². The number of nitrogen functional groups attached to an aromatic ring is 1. The van der Waals surface area contributed by atoms with Crippen molar-refractivity contribution in [2.24, 2.45) is 0 Å². The molecule has 7 heteroatoms. The second kappa shape index (κ2) is 5.78. The lowest BCUT2D eigenvalue weighted by atomic mass is 10.1. The van der Waals surface area contributed by atoms with Crippen LogP contribution in [-0.4, -0.2) is 31.9 Å². The van der Waals surface area contributed by atoms with Crippen molar-refractivity contribution in [3.63, 3.8) is 0 Å². The summed E-state index contributed by atoms with van der Waals surface area (Å²) < 4.78 is 47.8. The Morgan fingerprint density at radius 1 is 1.30 bits per heavy atom. The molecule has 0 bridgehead atoms. The highest BCUT2D eigenvalue weighted by molar-refractivity contribution is 5.70. The zero-order valence-electron chi connectivity index (χ0n) is 11.3. The predicted molar refractivity (Wildman–Crippen MR) is 69.7 cm³/mol. The van der Waals surface area contributed by atoms with E-state index >= 15 is 0 Å². The molecule has 4 nitrogen and oxygen atoms in total. The number of benzene rings is 1. The first-order chi connectivity index (χ1) is 9.36. The SMILES string of the molecule is CC1CN(c2cc(OC(F)F)c(F)cc2N)CC(C)O1. The van der Waals surface area contributed by atoms with Crippen LogP contribution in [-0.2, 0) is 4.74 Å². The molecule has 0 aliphatic carbocycles. The maximum Gasteiger partial charge on any atom is 0.387 e. The van der Waals surface area contributed by atoms with Crippen LogP contribution in [0.5, 0.6) is 5.75 Å². The zero-order chi connectivity index (χ0) is 14.9. The lowest BCUT2D eigenvalue weighted by Crippen LogP contribution is -2.45. The molecule has 20 heavy (non-hydrogen) atoms. The van der Waals surface area contributed by atoms with Crippen molar-refractivity contribution in [1.82, 2.24) is 0 Å². The molecule has 1 aliphatic heterocycles. The van der Waals surface area contributed by atoms with Gasteiger partial charge in [-0.25, -0.2) is 4.39 Å². The van der Waals surface area contributed by atoms with E-state index in [0.29, 0.717) is 18.8 Å². The van der Waals surface area contributed by atoms with Gasteiger partial charge in [-0.1, -0.05) is 0 Å². The fourth-order valence-corrected chi connectivity index (χ4v) is 2.39. The van der Waals surface area contributed by atoms with Crippen LogP contribution in [0.1, 0.15) is 13.8 Å². The molecule has 2 unspecified atom stereocenters. The average Bonchev–Trinajstić information content (AvgIpc) is 2.30. The quantitative estimate of drug-likeness (QED) is 0.869. The minimum absolute atomic E-state index is 0.0253. The van der Waals surface area contributed by atoms with Crippen LogP contribution in [0.25, 0.3) is 0 Å². The highest BCUT2D eigenvalue weighted by Gasteiger charge is 2.25. The number of hydrogen-bond acceptors (Lipinski definition) is 4. The van der Waals surface area contributed by atoms with Gasteiger partial charge in [-0.2, -0.15) is 8.78 Å². The maximum absolute atomic E-state index is 13.5. The van der Waals surface area contributed by atoms with Crippen LogP contribution in [0.2, 0.25) is 0 Å². The largest absolute Gasteiger partial charge is 0.432 e. The van der Waals surface area contributed by atoms with Gasteiger partial charge in [0.25, 0.3) is 0 Å². The van der Waals surface area contributed by atoms with Crippen molar-refractivity contribution in [3.05, 3.63) is 17.9 Å². The molecule has 0 aromatic heterocycles. The van der Waals surface area contributed by atoms with E-state index in [2.05, 4.69) is 4.74 Å². The highest BCUT2D eigenvalue weighted by atomic mass is 19.3. The van der Waals surface area contributed by atoms with Gasteiger partial charge in [0.05, 0.1) is 23.6 Å². The third-order valence-corrected chi connectivity index (χ3v) is 3.06. The molecule has 1 aromatic rings. The Labute approximate surface area is 115 Å². The Bertz CT molecular complexity index is 475. The van der Waals surface area contributed by atoms with Gasteiger partial charge >= 0.3 is 6.61 Å². The third kappa shape index (κ3) is 3.27. The molecular formula is C13H17F3N2O2. The average molecular weight is 290 g/mol. The van der Waals surface area contributed by atoms with Crippen molar-refractivity contribution >= 4 is 11.4 Å². The van der Waals surface area contributed by atoms with Crippen LogP contribution in [0.15, 0.2) is 12.1 Å². The molecule has 2 atom stereocenters. The van der Waals surface area contributed by atoms with Crippen molar-refractivity contribution in [3.8, 4) is 5.75 Å². The van der Waals surface area contributed by atoms with Crippen LogP contribution in [0.4, 0.5) is 24.5 Å². The fourth-order valence-electron chi connectivity index (χ4n) is 2.39. The number of nitrogens with zero attached hydrogens (tertiary/aromatic N) is 1. The van der Waals surface area contributed by atoms with E-state index in [0.717, 1.165) is 6.07 Å². The number of morpholine rings is 1. The van der Waals surface area contributed by atoms with E-state index in [1.54, 1.807) is 0 Å². The molecule has 1 aliphatic rings. The van der Waals surface area contributed by atoms with Crippen LogP contribution in [0, 0.1) is 5.82 Å². The monoisotopic (exact) mass is 290 g/mol. The van der Waals surface area contributed by atoms with Gasteiger partial charge in [-0.05, 0) is 13.8 Å². The minimum Gasteiger partial charge on any atom is -0.432 e. The van der Waals surface area contributed by atoms with Crippen molar-refractivity contribution in [1.29, 1.82) is 0 Å². The molecule has 112 valence electrons. The normalized spacial score (nSPS) is 23.2. The van der Waals surface area contributed by atoms with E-state index in [1.807, 2.05) is 18.7 Å². The topological polar surface area (TPSA) is 47.7 Å². The Morgan fingerprint density at radius 2 is 1.90 bits per heavy atom.